The summed E-state index contributed by atoms with van der Waals surface area (Å²) in [5.74, 6) is -0.0807. The highest BCUT2D eigenvalue weighted by Gasteiger charge is 2.46. The van der Waals surface area contributed by atoms with Crippen LogP contribution in [0.1, 0.15) is 60.3 Å². The van der Waals surface area contributed by atoms with E-state index in [1.54, 1.807) is 4.90 Å². The second kappa shape index (κ2) is 8.04. The van der Waals surface area contributed by atoms with Gasteiger partial charge in [0, 0.05) is 13.1 Å². The van der Waals surface area contributed by atoms with Crippen molar-refractivity contribution in [1.29, 1.82) is 0 Å². The Bertz CT molecular complexity index is 559. The molecule has 2 rings (SSSR count). The predicted molar refractivity (Wildman–Crippen MR) is 102 cm³/mol. The van der Waals surface area contributed by atoms with Crippen LogP contribution in [0.5, 0.6) is 0 Å². The Labute approximate surface area is 161 Å². The quantitative estimate of drug-likeness (QED) is 0.570. The van der Waals surface area contributed by atoms with Crippen LogP contribution in [-0.2, 0) is 14.3 Å². The minimum absolute atomic E-state index is 0.0807. The average molecular weight is 383 g/mol. The Hall–Kier alpha value is -1.83. The fourth-order valence-electron chi connectivity index (χ4n) is 3.69. The summed E-state index contributed by atoms with van der Waals surface area (Å²) in [6.07, 6.45) is 2.86. The fourth-order valence-corrected chi connectivity index (χ4v) is 3.69. The van der Waals surface area contributed by atoms with Gasteiger partial charge in [-0.3, -0.25) is 15.0 Å². The summed E-state index contributed by atoms with van der Waals surface area (Å²) in [5.41, 5.74) is 1.08. The maximum Gasteiger partial charge on any atom is 0.410 e. The highest BCUT2D eigenvalue weighted by Crippen LogP contribution is 2.36. The minimum atomic E-state index is -0.623. The zero-order valence-electron chi connectivity index (χ0n) is 17.3. The van der Waals surface area contributed by atoms with Gasteiger partial charge in [0.05, 0.1) is 11.0 Å². The molecule has 2 N–H and O–H groups in total. The van der Waals surface area contributed by atoms with Gasteiger partial charge in [0.2, 0.25) is 12.3 Å². The molecule has 2 saturated heterocycles. The molecule has 8 heteroatoms. The molecule has 27 heavy (non-hydrogen) atoms. The summed E-state index contributed by atoms with van der Waals surface area (Å²) in [7, 11) is 0. The topological polar surface area (TPSA) is 91.0 Å². The van der Waals surface area contributed by atoms with Crippen LogP contribution in [-0.4, -0.2) is 65.6 Å². The first-order chi connectivity index (χ1) is 12.5. The van der Waals surface area contributed by atoms with E-state index in [9.17, 15) is 14.4 Å². The molecule has 3 amide bonds. The normalized spacial score (nSPS) is 21.9. The number of hydrazine groups is 1. The van der Waals surface area contributed by atoms with E-state index < -0.39 is 16.6 Å². The maximum absolute atomic E-state index is 13.4. The number of likely N-dealkylation sites (tertiary alicyclic amines) is 1. The van der Waals surface area contributed by atoms with Crippen LogP contribution in [0, 0.1) is 5.41 Å². The molecule has 0 bridgehead atoms. The van der Waals surface area contributed by atoms with Crippen molar-refractivity contribution in [2.45, 2.75) is 71.4 Å². The SMILES string of the molecule is CC(C)(C)OC(=O)N1CCC(C)(C(=O)N(NC=O)C2(C)CCNCC2)CC1. The number of ether oxygens (including phenoxy) is 1. The summed E-state index contributed by atoms with van der Waals surface area (Å²) in [6, 6.07) is 0. The molecular weight excluding hydrogens is 348 g/mol. The highest BCUT2D eigenvalue weighted by molar-refractivity contribution is 5.84. The number of carbonyl (C=O) groups excluding carboxylic acids is 3. The molecule has 2 aliphatic heterocycles. The smallest absolute Gasteiger partial charge is 0.410 e. The van der Waals surface area contributed by atoms with Crippen LogP contribution in [0.15, 0.2) is 0 Å². The molecule has 0 atom stereocenters. The maximum atomic E-state index is 13.4. The van der Waals surface area contributed by atoms with Gasteiger partial charge >= 0.3 is 6.09 Å². The van der Waals surface area contributed by atoms with E-state index in [4.69, 9.17) is 4.74 Å². The second-order valence-corrected chi connectivity index (χ2v) is 9.16. The molecule has 8 nitrogen and oxygen atoms in total. The van der Waals surface area contributed by atoms with Gasteiger partial charge in [-0.2, -0.15) is 0 Å². The summed E-state index contributed by atoms with van der Waals surface area (Å²) in [4.78, 5) is 38.5. The lowest BCUT2D eigenvalue weighted by Gasteiger charge is -2.48. The lowest BCUT2D eigenvalue weighted by atomic mass is 9.77. The zero-order chi connectivity index (χ0) is 20.3. The van der Waals surface area contributed by atoms with Crippen molar-refractivity contribution in [1.82, 2.24) is 20.7 Å². The Balaban J connectivity index is 2.06. The Kier molecular flexibility index (Phi) is 6.39. The van der Waals surface area contributed by atoms with Crippen molar-refractivity contribution in [3.63, 3.8) is 0 Å². The van der Waals surface area contributed by atoms with Crippen molar-refractivity contribution in [2.24, 2.45) is 5.41 Å². The van der Waals surface area contributed by atoms with Gasteiger partial charge in [0.1, 0.15) is 5.60 Å². The van der Waals surface area contributed by atoms with E-state index in [2.05, 4.69) is 10.7 Å². The number of carbonyl (C=O) groups is 3. The van der Waals surface area contributed by atoms with Gasteiger partial charge < -0.3 is 15.0 Å². The summed E-state index contributed by atoms with van der Waals surface area (Å²) >= 11 is 0. The Morgan fingerprint density at radius 2 is 1.67 bits per heavy atom. The molecule has 2 fully saturated rings. The highest BCUT2D eigenvalue weighted by atomic mass is 16.6. The molecule has 0 aromatic heterocycles. The van der Waals surface area contributed by atoms with Crippen molar-refractivity contribution >= 4 is 18.4 Å². The van der Waals surface area contributed by atoms with E-state index in [-0.39, 0.29) is 12.0 Å². The van der Waals surface area contributed by atoms with Crippen molar-refractivity contribution in [2.75, 3.05) is 26.2 Å². The number of nitrogens with zero attached hydrogens (tertiary/aromatic N) is 2. The summed E-state index contributed by atoms with van der Waals surface area (Å²) in [6.45, 7) is 12.0. The first-order valence-electron chi connectivity index (χ1n) is 9.74. The molecule has 154 valence electrons. The number of hydrogen-bond donors (Lipinski definition) is 2. The van der Waals surface area contributed by atoms with Gasteiger partial charge in [-0.25, -0.2) is 9.80 Å². The Morgan fingerprint density at radius 1 is 1.11 bits per heavy atom. The van der Waals surface area contributed by atoms with Gasteiger partial charge in [-0.15, -0.1) is 0 Å². The largest absolute Gasteiger partial charge is 0.444 e. The number of hydrogen-bond acceptors (Lipinski definition) is 5. The molecule has 0 unspecified atom stereocenters. The standard InChI is InChI=1S/C19H34N4O4/c1-17(2,3)27-16(26)22-12-8-18(4,9-13-22)15(25)23(21-14-24)19(5)6-10-20-11-7-19/h14,20H,6-13H2,1-5H3,(H,21,24). The van der Waals surface area contributed by atoms with Gasteiger partial charge in [0.15, 0.2) is 0 Å². The number of nitrogens with one attached hydrogen (secondary N) is 2. The molecule has 2 aliphatic rings. The first-order valence-corrected chi connectivity index (χ1v) is 9.74. The molecule has 2 heterocycles. The van der Waals surface area contributed by atoms with Crippen LogP contribution in [0.25, 0.3) is 0 Å². The lowest BCUT2D eigenvalue weighted by molar-refractivity contribution is -0.159. The van der Waals surface area contributed by atoms with Crippen LogP contribution in [0.3, 0.4) is 0 Å². The van der Waals surface area contributed by atoms with Crippen molar-refractivity contribution < 1.29 is 19.1 Å². The molecule has 0 spiro atoms. The molecular formula is C19H34N4O4. The third-order valence-corrected chi connectivity index (χ3v) is 5.64. The van der Waals surface area contributed by atoms with Crippen LogP contribution < -0.4 is 10.7 Å². The number of rotatable bonds is 4. The van der Waals surface area contributed by atoms with E-state index in [1.807, 2.05) is 34.6 Å². The second-order valence-electron chi connectivity index (χ2n) is 9.16. The van der Waals surface area contributed by atoms with Gasteiger partial charge in [-0.05, 0) is 66.5 Å². The molecule has 0 radical (unpaired) electrons. The summed E-state index contributed by atoms with van der Waals surface area (Å²) in [5, 5.41) is 4.82. The minimum Gasteiger partial charge on any atom is -0.444 e. The fraction of sp³-hybridized carbons (Fsp3) is 0.842. The third kappa shape index (κ3) is 5.12. The monoisotopic (exact) mass is 382 g/mol. The van der Waals surface area contributed by atoms with Gasteiger partial charge in [0.25, 0.3) is 0 Å². The van der Waals surface area contributed by atoms with E-state index >= 15 is 0 Å². The Morgan fingerprint density at radius 3 is 2.15 bits per heavy atom. The lowest BCUT2D eigenvalue weighted by Crippen LogP contribution is -2.64. The van der Waals surface area contributed by atoms with Crippen molar-refractivity contribution in [3.8, 4) is 0 Å². The summed E-state index contributed by atoms with van der Waals surface area (Å²) < 4.78 is 5.43. The number of amides is 3. The zero-order valence-corrected chi connectivity index (χ0v) is 17.3. The van der Waals surface area contributed by atoms with Crippen LogP contribution in [0.2, 0.25) is 0 Å². The third-order valence-electron chi connectivity index (χ3n) is 5.64. The first kappa shape index (κ1) is 21.5. The predicted octanol–water partition coefficient (Wildman–Crippen LogP) is 1.66. The molecule has 0 aliphatic carbocycles. The molecule has 0 saturated carbocycles. The van der Waals surface area contributed by atoms with Crippen molar-refractivity contribution in [3.05, 3.63) is 0 Å². The van der Waals surface area contributed by atoms with E-state index in [0.717, 1.165) is 25.9 Å². The molecule has 0 aromatic carbocycles. The number of piperidine rings is 2. The van der Waals surface area contributed by atoms with E-state index in [1.165, 1.54) is 5.01 Å². The van der Waals surface area contributed by atoms with Crippen LogP contribution in [0.4, 0.5) is 4.79 Å². The van der Waals surface area contributed by atoms with E-state index in [0.29, 0.717) is 32.3 Å². The average Bonchev–Trinajstić information content (AvgIpc) is 2.58. The van der Waals surface area contributed by atoms with Gasteiger partial charge in [-0.1, -0.05) is 6.92 Å². The molecule has 0 aromatic rings. The van der Waals surface area contributed by atoms with Crippen LogP contribution >= 0.6 is 0 Å².